The van der Waals surface area contributed by atoms with Crippen LogP contribution in [-0.4, -0.2) is 52.2 Å². The van der Waals surface area contributed by atoms with Crippen LogP contribution in [0.5, 0.6) is 5.88 Å². The summed E-state index contributed by atoms with van der Waals surface area (Å²) in [6, 6.07) is 0.115. The lowest BCUT2D eigenvalue weighted by molar-refractivity contribution is -0.126. The lowest BCUT2D eigenvalue weighted by Gasteiger charge is -2.32. The first kappa shape index (κ1) is 15.8. The molecule has 1 unspecified atom stereocenters. The van der Waals surface area contributed by atoms with Gasteiger partial charge in [-0.15, -0.1) is 0 Å². The minimum atomic E-state index is -0.138. The number of nitrogens with one attached hydrogen (secondary N) is 1. The topological polar surface area (TPSA) is 76.5 Å². The maximum atomic E-state index is 12.8. The largest absolute Gasteiger partial charge is 0.476 e. The molecule has 0 saturated carbocycles. The van der Waals surface area contributed by atoms with Crippen LogP contribution in [0, 0.1) is 12.8 Å². The van der Waals surface area contributed by atoms with E-state index >= 15 is 0 Å². The molecule has 0 spiro atoms. The second kappa shape index (κ2) is 6.22. The first-order valence-electron chi connectivity index (χ1n) is 8.27. The first-order chi connectivity index (χ1) is 11.0. The zero-order valence-electron chi connectivity index (χ0n) is 14.0. The average Bonchev–Trinajstić information content (AvgIpc) is 3.09. The number of hydrogen-bond donors (Lipinski definition) is 1. The zero-order valence-corrected chi connectivity index (χ0v) is 14.0. The molecular formula is C16H24N4O3. The number of piperidine rings is 1. The van der Waals surface area contributed by atoms with Gasteiger partial charge in [-0.1, -0.05) is 0 Å². The predicted octanol–water partition coefficient (Wildman–Crippen LogP) is 0.961. The third kappa shape index (κ3) is 3.04. The highest BCUT2D eigenvalue weighted by Crippen LogP contribution is 2.27. The molecule has 0 aliphatic carbocycles. The van der Waals surface area contributed by atoms with E-state index in [1.807, 2.05) is 20.8 Å². The highest BCUT2D eigenvalue weighted by Gasteiger charge is 2.32. The van der Waals surface area contributed by atoms with Crippen LogP contribution in [0.3, 0.4) is 0 Å². The van der Waals surface area contributed by atoms with Gasteiger partial charge in [-0.3, -0.25) is 9.59 Å². The van der Waals surface area contributed by atoms with Crippen LogP contribution in [0.15, 0.2) is 0 Å². The number of amides is 2. The Morgan fingerprint density at radius 1 is 1.35 bits per heavy atom. The summed E-state index contributed by atoms with van der Waals surface area (Å²) in [7, 11) is 0. The lowest BCUT2D eigenvalue weighted by Crippen LogP contribution is -2.46. The molecule has 3 heterocycles. The number of likely N-dealkylation sites (tertiary alicyclic amines) is 1. The van der Waals surface area contributed by atoms with Crippen LogP contribution in [0.4, 0.5) is 0 Å². The second-order valence-electron chi connectivity index (χ2n) is 6.60. The van der Waals surface area contributed by atoms with E-state index in [4.69, 9.17) is 4.74 Å². The molecule has 7 nitrogen and oxygen atoms in total. The molecule has 1 saturated heterocycles. The summed E-state index contributed by atoms with van der Waals surface area (Å²) in [4.78, 5) is 26.7. The molecule has 1 fully saturated rings. The van der Waals surface area contributed by atoms with Gasteiger partial charge in [0.25, 0.3) is 5.91 Å². The quantitative estimate of drug-likeness (QED) is 0.900. The zero-order chi connectivity index (χ0) is 16.6. The number of carbonyl (C=O) groups is 2. The van der Waals surface area contributed by atoms with Crippen molar-refractivity contribution in [2.45, 2.75) is 46.2 Å². The maximum Gasteiger partial charge on any atom is 0.274 e. The van der Waals surface area contributed by atoms with Gasteiger partial charge < -0.3 is 15.0 Å². The Morgan fingerprint density at radius 2 is 2.13 bits per heavy atom. The molecule has 1 N–H and O–H groups in total. The van der Waals surface area contributed by atoms with Crippen molar-refractivity contribution < 1.29 is 14.3 Å². The number of ether oxygens (including phenoxy) is 1. The Balaban J connectivity index is 1.71. The summed E-state index contributed by atoms with van der Waals surface area (Å²) in [6.07, 6.45) is 1.66. The van der Waals surface area contributed by atoms with Crippen molar-refractivity contribution in [1.82, 2.24) is 20.0 Å². The molecule has 0 aromatic carbocycles. The van der Waals surface area contributed by atoms with Crippen LogP contribution < -0.4 is 10.1 Å². The minimum Gasteiger partial charge on any atom is -0.476 e. The SMILES string of the molecule is Cc1c(C(=O)N2CCCC(C(=O)NC(C)C)C2)nn2c1OCC2. The molecule has 2 aliphatic heterocycles. The van der Waals surface area contributed by atoms with Gasteiger partial charge in [-0.25, -0.2) is 4.68 Å². The Morgan fingerprint density at radius 3 is 2.83 bits per heavy atom. The van der Waals surface area contributed by atoms with Gasteiger partial charge in [0.2, 0.25) is 11.8 Å². The Labute approximate surface area is 136 Å². The Hall–Kier alpha value is -2.05. The fourth-order valence-corrected chi connectivity index (χ4v) is 3.23. The monoisotopic (exact) mass is 320 g/mol. The van der Waals surface area contributed by atoms with Crippen molar-refractivity contribution in [3.63, 3.8) is 0 Å². The number of carbonyl (C=O) groups excluding carboxylic acids is 2. The van der Waals surface area contributed by atoms with Crippen LogP contribution in [-0.2, 0) is 11.3 Å². The van der Waals surface area contributed by atoms with Crippen molar-refractivity contribution in [3.8, 4) is 5.88 Å². The summed E-state index contributed by atoms with van der Waals surface area (Å²) in [5, 5.41) is 7.32. The van der Waals surface area contributed by atoms with E-state index in [1.54, 1.807) is 9.58 Å². The third-order valence-electron chi connectivity index (χ3n) is 4.39. The van der Waals surface area contributed by atoms with Crippen LogP contribution >= 0.6 is 0 Å². The second-order valence-corrected chi connectivity index (χ2v) is 6.60. The van der Waals surface area contributed by atoms with Gasteiger partial charge >= 0.3 is 0 Å². The van der Waals surface area contributed by atoms with Gasteiger partial charge in [0.1, 0.15) is 6.61 Å². The molecule has 7 heteroatoms. The van der Waals surface area contributed by atoms with Crippen molar-refractivity contribution in [2.24, 2.45) is 5.92 Å². The fourth-order valence-electron chi connectivity index (χ4n) is 3.23. The van der Waals surface area contributed by atoms with Crippen molar-refractivity contribution in [3.05, 3.63) is 11.3 Å². The number of hydrogen-bond acceptors (Lipinski definition) is 4. The van der Waals surface area contributed by atoms with Crippen molar-refractivity contribution in [2.75, 3.05) is 19.7 Å². The number of nitrogens with zero attached hydrogens (tertiary/aromatic N) is 3. The van der Waals surface area contributed by atoms with Gasteiger partial charge in [0.05, 0.1) is 12.5 Å². The summed E-state index contributed by atoms with van der Waals surface area (Å²) >= 11 is 0. The van der Waals surface area contributed by atoms with E-state index in [0.717, 1.165) is 18.4 Å². The average molecular weight is 320 g/mol. The minimum absolute atomic E-state index is 0.0323. The summed E-state index contributed by atoms with van der Waals surface area (Å²) < 4.78 is 7.26. The number of rotatable bonds is 3. The van der Waals surface area contributed by atoms with Gasteiger partial charge in [-0.2, -0.15) is 5.10 Å². The molecule has 3 rings (SSSR count). The Bertz CT molecular complexity index is 623. The van der Waals surface area contributed by atoms with E-state index in [0.29, 0.717) is 37.8 Å². The molecule has 23 heavy (non-hydrogen) atoms. The molecule has 0 radical (unpaired) electrons. The van der Waals surface area contributed by atoms with Crippen LogP contribution in [0.2, 0.25) is 0 Å². The molecule has 126 valence electrons. The van der Waals surface area contributed by atoms with E-state index in [1.165, 1.54) is 0 Å². The summed E-state index contributed by atoms with van der Waals surface area (Å²) in [6.45, 7) is 8.18. The molecule has 1 aromatic rings. The number of aromatic nitrogens is 2. The summed E-state index contributed by atoms with van der Waals surface area (Å²) in [5.41, 5.74) is 1.24. The van der Waals surface area contributed by atoms with Crippen molar-refractivity contribution in [1.29, 1.82) is 0 Å². The van der Waals surface area contributed by atoms with E-state index in [2.05, 4.69) is 10.4 Å². The highest BCUT2D eigenvalue weighted by molar-refractivity contribution is 5.94. The third-order valence-corrected chi connectivity index (χ3v) is 4.39. The Kier molecular flexibility index (Phi) is 4.28. The molecule has 2 aliphatic rings. The highest BCUT2D eigenvalue weighted by atomic mass is 16.5. The smallest absolute Gasteiger partial charge is 0.274 e. The van der Waals surface area contributed by atoms with E-state index < -0.39 is 0 Å². The first-order valence-corrected chi connectivity index (χ1v) is 8.27. The molecule has 1 aromatic heterocycles. The van der Waals surface area contributed by atoms with Gasteiger partial charge in [0, 0.05) is 24.7 Å². The van der Waals surface area contributed by atoms with E-state index in [9.17, 15) is 9.59 Å². The van der Waals surface area contributed by atoms with Crippen molar-refractivity contribution >= 4 is 11.8 Å². The number of fused-ring (bicyclic) bond motifs is 1. The molecule has 1 atom stereocenters. The van der Waals surface area contributed by atoms with Crippen LogP contribution in [0.25, 0.3) is 0 Å². The predicted molar refractivity (Wildman–Crippen MR) is 84.4 cm³/mol. The van der Waals surface area contributed by atoms with E-state index in [-0.39, 0.29) is 23.8 Å². The van der Waals surface area contributed by atoms with Gasteiger partial charge in [-0.05, 0) is 33.6 Å². The normalized spacial score (nSPS) is 20.3. The molecule has 2 amide bonds. The van der Waals surface area contributed by atoms with Crippen LogP contribution in [0.1, 0.15) is 42.7 Å². The molecule has 0 bridgehead atoms. The van der Waals surface area contributed by atoms with Gasteiger partial charge in [0.15, 0.2) is 5.69 Å². The molecular weight excluding hydrogens is 296 g/mol. The lowest BCUT2D eigenvalue weighted by atomic mass is 9.96. The maximum absolute atomic E-state index is 12.8. The fraction of sp³-hybridized carbons (Fsp3) is 0.688. The summed E-state index contributed by atoms with van der Waals surface area (Å²) in [5.74, 6) is 0.487. The standard InChI is InChI=1S/C16H24N4O3/c1-10(2)17-14(21)12-5-4-6-19(9-12)15(22)13-11(3)16-20(18-13)7-8-23-16/h10,12H,4-9H2,1-3H3,(H,17,21).